The van der Waals surface area contributed by atoms with Crippen molar-refractivity contribution >= 4 is 39.1 Å². The fraction of sp³-hybridized carbons (Fsp3) is 0.333. The van der Waals surface area contributed by atoms with Gasteiger partial charge in [-0.1, -0.05) is 84.8 Å². The quantitative estimate of drug-likeness (QED) is 0.334. The second-order valence-corrected chi connectivity index (χ2v) is 12.1. The van der Waals surface area contributed by atoms with Gasteiger partial charge in [0.2, 0.25) is 21.8 Å². The molecule has 0 aliphatic carbocycles. The zero-order chi connectivity index (χ0) is 28.6. The molecule has 3 rings (SSSR count). The molecular weight excluding hydrogens is 534 g/mol. The number of anilines is 1. The molecule has 7 nitrogen and oxygen atoms in total. The Labute approximate surface area is 236 Å². The van der Waals surface area contributed by atoms with Crippen LogP contribution in [0, 0.1) is 6.92 Å². The molecule has 0 saturated carbocycles. The second kappa shape index (κ2) is 13.6. The van der Waals surface area contributed by atoms with Gasteiger partial charge in [0.1, 0.15) is 12.6 Å². The van der Waals surface area contributed by atoms with Gasteiger partial charge < -0.3 is 10.2 Å². The van der Waals surface area contributed by atoms with Crippen LogP contribution < -0.4 is 9.62 Å². The molecule has 1 N–H and O–H groups in total. The van der Waals surface area contributed by atoms with E-state index in [1.807, 2.05) is 75.4 Å². The van der Waals surface area contributed by atoms with Crippen LogP contribution in [0.1, 0.15) is 37.0 Å². The third-order valence-corrected chi connectivity index (χ3v) is 7.86. The Morgan fingerprint density at radius 1 is 0.949 bits per heavy atom. The Kier molecular flexibility index (Phi) is 10.5. The summed E-state index contributed by atoms with van der Waals surface area (Å²) >= 11 is 6.13. The molecule has 0 aliphatic heterocycles. The summed E-state index contributed by atoms with van der Waals surface area (Å²) in [6.07, 6.45) is 2.05. The maximum absolute atomic E-state index is 14.0. The Bertz CT molecular complexity index is 1380. The molecule has 0 fully saturated rings. The van der Waals surface area contributed by atoms with Crippen LogP contribution >= 0.6 is 11.6 Å². The summed E-state index contributed by atoms with van der Waals surface area (Å²) in [6, 6.07) is 22.6. The number of nitrogens with zero attached hydrogens (tertiary/aromatic N) is 2. The SMILES string of the molecule is CC[C@H](C)NC(=O)[C@H](Cc1ccccc1)N(Cc1cccc(C)c1)C(=O)CN(c1cccc(Cl)c1)S(C)(=O)=O. The van der Waals surface area contributed by atoms with E-state index in [0.29, 0.717) is 5.02 Å². The van der Waals surface area contributed by atoms with Crippen molar-refractivity contribution in [1.82, 2.24) is 10.2 Å². The van der Waals surface area contributed by atoms with Crippen LogP contribution in [-0.2, 0) is 32.6 Å². The van der Waals surface area contributed by atoms with E-state index in [4.69, 9.17) is 11.6 Å². The molecule has 0 heterocycles. The van der Waals surface area contributed by atoms with Crippen molar-refractivity contribution in [3.8, 4) is 0 Å². The Balaban J connectivity index is 2.06. The number of benzene rings is 3. The van der Waals surface area contributed by atoms with Crippen LogP contribution in [-0.4, -0.2) is 50.0 Å². The molecule has 3 aromatic carbocycles. The first-order chi connectivity index (χ1) is 18.5. The predicted molar refractivity (Wildman–Crippen MR) is 157 cm³/mol. The van der Waals surface area contributed by atoms with Crippen LogP contribution in [0.25, 0.3) is 0 Å². The maximum Gasteiger partial charge on any atom is 0.244 e. The largest absolute Gasteiger partial charge is 0.352 e. The lowest BCUT2D eigenvalue weighted by atomic mass is 10.0. The van der Waals surface area contributed by atoms with Gasteiger partial charge in [-0.25, -0.2) is 8.42 Å². The van der Waals surface area contributed by atoms with E-state index in [2.05, 4.69) is 5.32 Å². The molecule has 9 heteroatoms. The highest BCUT2D eigenvalue weighted by atomic mass is 35.5. The van der Waals surface area contributed by atoms with Crippen LogP contribution in [0.3, 0.4) is 0 Å². The first kappa shape index (κ1) is 30.2. The number of amides is 2. The normalized spacial score (nSPS) is 12.8. The van der Waals surface area contributed by atoms with Crippen LogP contribution in [0.4, 0.5) is 5.69 Å². The number of nitrogens with one attached hydrogen (secondary N) is 1. The lowest BCUT2D eigenvalue weighted by Crippen LogP contribution is -2.54. The van der Waals surface area contributed by atoms with E-state index < -0.39 is 28.5 Å². The Morgan fingerprint density at radius 3 is 2.23 bits per heavy atom. The molecule has 2 amide bonds. The molecule has 39 heavy (non-hydrogen) atoms. The van der Waals surface area contributed by atoms with Gasteiger partial charge in [-0.15, -0.1) is 0 Å². The molecule has 3 aromatic rings. The van der Waals surface area contributed by atoms with Crippen molar-refractivity contribution in [1.29, 1.82) is 0 Å². The van der Waals surface area contributed by atoms with Crippen molar-refractivity contribution in [2.24, 2.45) is 0 Å². The zero-order valence-electron chi connectivity index (χ0n) is 22.8. The maximum atomic E-state index is 14.0. The second-order valence-electron chi connectivity index (χ2n) is 9.78. The standard InChI is InChI=1S/C30H36ClN3O4S/c1-5-23(3)32-30(36)28(18-24-12-7-6-8-13-24)33(20-25-14-9-11-22(2)17-25)29(35)21-34(39(4,37)38)27-16-10-15-26(31)19-27/h6-17,19,23,28H,5,18,20-21H2,1-4H3,(H,32,36)/t23-,28-/m0/s1. The first-order valence-electron chi connectivity index (χ1n) is 12.9. The van der Waals surface area contributed by atoms with E-state index in [-0.39, 0.29) is 30.6 Å². The van der Waals surface area contributed by atoms with Gasteiger partial charge in [0.05, 0.1) is 11.9 Å². The lowest BCUT2D eigenvalue weighted by Gasteiger charge is -2.34. The molecule has 208 valence electrons. The molecule has 0 unspecified atom stereocenters. The predicted octanol–water partition coefficient (Wildman–Crippen LogP) is 4.97. The van der Waals surface area contributed by atoms with Gasteiger partial charge in [-0.05, 0) is 49.6 Å². The summed E-state index contributed by atoms with van der Waals surface area (Å²) in [5, 5.41) is 3.37. The third kappa shape index (κ3) is 8.83. The number of hydrogen-bond donors (Lipinski definition) is 1. The van der Waals surface area contributed by atoms with Gasteiger partial charge in [-0.2, -0.15) is 0 Å². The number of rotatable bonds is 12. The summed E-state index contributed by atoms with van der Waals surface area (Å²) in [5.74, 6) is -0.787. The summed E-state index contributed by atoms with van der Waals surface area (Å²) < 4.78 is 26.7. The van der Waals surface area contributed by atoms with Gasteiger partial charge in [0, 0.05) is 24.0 Å². The van der Waals surface area contributed by atoms with Crippen molar-refractivity contribution < 1.29 is 18.0 Å². The summed E-state index contributed by atoms with van der Waals surface area (Å²) in [7, 11) is -3.84. The van der Waals surface area contributed by atoms with E-state index in [1.54, 1.807) is 18.2 Å². The van der Waals surface area contributed by atoms with Crippen molar-refractivity contribution in [3.63, 3.8) is 0 Å². The highest BCUT2D eigenvalue weighted by Crippen LogP contribution is 2.23. The lowest BCUT2D eigenvalue weighted by molar-refractivity contribution is -0.140. The monoisotopic (exact) mass is 569 g/mol. The summed E-state index contributed by atoms with van der Waals surface area (Å²) in [6.45, 7) is 5.50. The molecule has 0 radical (unpaired) electrons. The molecule has 2 atom stereocenters. The van der Waals surface area contributed by atoms with Crippen LogP contribution in [0.2, 0.25) is 5.02 Å². The number of hydrogen-bond acceptors (Lipinski definition) is 4. The number of aryl methyl sites for hydroxylation is 1. The Hall–Kier alpha value is -3.36. The minimum absolute atomic E-state index is 0.0920. The van der Waals surface area contributed by atoms with Crippen molar-refractivity contribution in [3.05, 3.63) is 101 Å². The van der Waals surface area contributed by atoms with Crippen molar-refractivity contribution in [2.45, 2.75) is 52.2 Å². The highest BCUT2D eigenvalue weighted by molar-refractivity contribution is 7.92. The minimum Gasteiger partial charge on any atom is -0.352 e. The summed E-state index contributed by atoms with van der Waals surface area (Å²) in [4.78, 5) is 29.2. The smallest absolute Gasteiger partial charge is 0.244 e. The van der Waals surface area contributed by atoms with Crippen molar-refractivity contribution in [2.75, 3.05) is 17.1 Å². The van der Waals surface area contributed by atoms with E-state index in [9.17, 15) is 18.0 Å². The fourth-order valence-electron chi connectivity index (χ4n) is 4.25. The minimum atomic E-state index is -3.84. The molecular formula is C30H36ClN3O4S. The highest BCUT2D eigenvalue weighted by Gasteiger charge is 2.33. The van der Waals surface area contributed by atoms with Gasteiger partial charge in [-0.3, -0.25) is 13.9 Å². The third-order valence-electron chi connectivity index (χ3n) is 6.48. The fourth-order valence-corrected chi connectivity index (χ4v) is 5.27. The van der Waals surface area contributed by atoms with Gasteiger partial charge in [0.25, 0.3) is 0 Å². The Morgan fingerprint density at radius 2 is 1.62 bits per heavy atom. The van der Waals surface area contributed by atoms with Crippen LogP contribution in [0.15, 0.2) is 78.9 Å². The molecule has 0 spiro atoms. The molecule has 0 aliphatic rings. The van der Waals surface area contributed by atoms with Gasteiger partial charge >= 0.3 is 0 Å². The topological polar surface area (TPSA) is 86.8 Å². The van der Waals surface area contributed by atoms with E-state index in [0.717, 1.165) is 33.7 Å². The molecule has 0 saturated heterocycles. The number of halogens is 1. The first-order valence-corrected chi connectivity index (χ1v) is 15.1. The number of carbonyl (C=O) groups excluding carboxylic acids is 2. The average Bonchev–Trinajstić information content (AvgIpc) is 2.89. The van der Waals surface area contributed by atoms with E-state index >= 15 is 0 Å². The number of sulfonamides is 1. The summed E-state index contributed by atoms with van der Waals surface area (Å²) in [5.41, 5.74) is 3.02. The molecule has 0 bridgehead atoms. The van der Waals surface area contributed by atoms with E-state index in [1.165, 1.54) is 11.0 Å². The number of carbonyl (C=O) groups is 2. The molecule has 0 aromatic heterocycles. The van der Waals surface area contributed by atoms with Crippen LogP contribution in [0.5, 0.6) is 0 Å². The zero-order valence-corrected chi connectivity index (χ0v) is 24.4. The average molecular weight is 570 g/mol. The van der Waals surface area contributed by atoms with Gasteiger partial charge in [0.15, 0.2) is 0 Å².